The zero-order valence-electron chi connectivity index (χ0n) is 67.9. The van der Waals surface area contributed by atoms with Crippen LogP contribution in [0.4, 0.5) is 0 Å². The third-order valence-corrected chi connectivity index (χ3v) is 29.4. The van der Waals surface area contributed by atoms with Crippen molar-refractivity contribution in [1.82, 2.24) is 44.1 Å². The van der Waals surface area contributed by atoms with Gasteiger partial charge >= 0.3 is 17.9 Å². The Balaban J connectivity index is 0.000000202. The number of carboxylic acids is 1. The lowest BCUT2D eigenvalue weighted by Gasteiger charge is -2.35. The van der Waals surface area contributed by atoms with E-state index >= 15 is 0 Å². The lowest BCUT2D eigenvalue weighted by molar-refractivity contribution is -0.157. The molecule has 10 rings (SSSR count). The largest absolute Gasteiger partial charge is 0.477 e. The van der Waals surface area contributed by atoms with Crippen LogP contribution < -0.4 is 0 Å². The van der Waals surface area contributed by atoms with Crippen LogP contribution >= 0.6 is 0 Å². The highest BCUT2D eigenvalue weighted by Gasteiger charge is 2.46. The number of nitrogens with zero attached hydrogens (tertiary/aromatic N) is 11. The van der Waals surface area contributed by atoms with E-state index in [1.165, 1.54) is 23.2 Å². The number of carboxylic acid groups (broad SMARTS) is 1. The van der Waals surface area contributed by atoms with E-state index < -0.39 is 64.0 Å². The molecule has 0 aromatic carbocycles. The summed E-state index contributed by atoms with van der Waals surface area (Å²) in [6, 6.07) is 5.80. The van der Waals surface area contributed by atoms with Crippen LogP contribution in [0.2, 0.25) is 128 Å². The van der Waals surface area contributed by atoms with Gasteiger partial charge in [0.25, 0.3) is 0 Å². The third-order valence-electron chi connectivity index (χ3n) is 20.9. The van der Waals surface area contributed by atoms with Crippen molar-refractivity contribution in [2.75, 3.05) is 59.5 Å². The smallest absolute Gasteiger partial charge is 0.375 e. The van der Waals surface area contributed by atoms with E-state index in [9.17, 15) is 33.9 Å². The number of ether oxygens (including phenoxy) is 7. The number of aliphatic imine (C=N–C) groups is 1. The standard InChI is InChI=1S/C23H42N4O4Si2.C20H33N3O3Si.C19H30N2O5Si.C15H26N2O2Si/c1-32(2,3)11-9-30-16-26-15-19(14-24-26)18-7-8-21-20(13-18)22(23(28)29)25-27(21)17-31-10-12-33(4,5)6;1-5-26-20(24)19-18-10-15(6-7-16(18)11-21-19)17-12-22-23(13-17)14-25-8-9-27(2,3)4;1-5-26-19(24)18(23)16-10-14(6-7-17(16)22)15-11-20-21(12-15)13-25-8-9-27(2,3)4;1-20(2,3)9-8-19-12-17-11-14(10-16-17)13-4-6-15(18)7-5-13/h14-15,18,20-21H,7-13,16-17H2,1-6H3,(H,28,29);12-13,15-16,18H,5-11,14H2,1-4H3;11-12,14,16H,5-10,13H2,1-4H3;10-11,13H,4-9,12H2,1-3H3. The second-order valence-electron chi connectivity index (χ2n) is 36.1. The lowest BCUT2D eigenvalue weighted by atomic mass is 9.72. The quantitative estimate of drug-likeness (QED) is 0.0147. The van der Waals surface area contributed by atoms with Gasteiger partial charge in [-0.05, 0) is 160 Å². The molecule has 8 unspecified atom stereocenters. The average molecular weight is 1580 g/mol. The molecule has 0 spiro atoms. The SMILES string of the molecule is CCOC(=O)C(=O)C1CC(c2cnn(COCC[Si](C)(C)C)c2)CCC1=O.CCOC(=O)C1=NCC2CCC(c3cnn(COCC[Si](C)(C)C)c3)CC12.C[Si](C)(C)CCOCN1N=C(C(=O)O)C2CC(c3cnn(COCC[Si](C)(C)C)c3)CCC21.C[Si](C)(C)CCOCn1cc(C2CCC(=O)CC2)cn1. The van der Waals surface area contributed by atoms with E-state index in [1.807, 2.05) is 50.8 Å². The van der Waals surface area contributed by atoms with E-state index in [4.69, 9.17) is 33.2 Å². The lowest BCUT2D eigenvalue weighted by Crippen LogP contribution is -2.40. The van der Waals surface area contributed by atoms with Crippen LogP contribution in [0.1, 0.15) is 143 Å². The number of hydrogen-bond donors (Lipinski definition) is 1. The van der Waals surface area contributed by atoms with Gasteiger partial charge in [-0.25, -0.2) is 33.1 Å². The molecule has 0 amide bonds. The normalized spacial score (nSPS) is 22.1. The number of aromatic nitrogens is 8. The second kappa shape index (κ2) is 41.5. The maximum Gasteiger partial charge on any atom is 0.375 e. The fourth-order valence-corrected chi connectivity index (χ4v) is 17.9. The molecule has 598 valence electrons. The zero-order valence-corrected chi connectivity index (χ0v) is 72.9. The molecule has 1 N–H and O–H groups in total. The molecule has 4 aromatic heterocycles. The first-order valence-electron chi connectivity index (χ1n) is 39.5. The Morgan fingerprint density at radius 1 is 0.458 bits per heavy atom. The minimum absolute atomic E-state index is 0.0295. The zero-order chi connectivity index (χ0) is 78.3. The molecule has 4 saturated carbocycles. The van der Waals surface area contributed by atoms with E-state index in [2.05, 4.69) is 147 Å². The highest BCUT2D eigenvalue weighted by Crippen LogP contribution is 2.45. The van der Waals surface area contributed by atoms with Gasteiger partial charge < -0.3 is 38.3 Å². The van der Waals surface area contributed by atoms with Crippen molar-refractivity contribution in [1.29, 1.82) is 0 Å². The van der Waals surface area contributed by atoms with Crippen molar-refractivity contribution in [2.45, 2.75) is 282 Å². The van der Waals surface area contributed by atoms with Crippen molar-refractivity contribution in [3.05, 3.63) is 71.8 Å². The van der Waals surface area contributed by atoms with Gasteiger partial charge in [0.05, 0.1) is 50.0 Å². The van der Waals surface area contributed by atoms with Gasteiger partial charge in [0.2, 0.25) is 5.78 Å². The first-order chi connectivity index (χ1) is 50.4. The molecule has 0 bridgehead atoms. The average Bonchev–Trinajstić information content (AvgIpc) is 1.66. The molecule has 8 atom stereocenters. The van der Waals surface area contributed by atoms with Crippen LogP contribution in [-0.4, -0.2) is 202 Å². The van der Waals surface area contributed by atoms with Gasteiger partial charge in [-0.1, -0.05) is 98.2 Å². The van der Waals surface area contributed by atoms with E-state index in [1.54, 1.807) is 17.8 Å². The monoisotopic (exact) mass is 1570 g/mol. The summed E-state index contributed by atoms with van der Waals surface area (Å²) in [5.41, 5.74) is 5.58. The maximum absolute atomic E-state index is 12.2. The molecule has 25 nitrogen and oxygen atoms in total. The van der Waals surface area contributed by atoms with E-state index in [-0.39, 0.29) is 47.9 Å². The number of fused-ring (bicyclic) bond motifs is 2. The summed E-state index contributed by atoms with van der Waals surface area (Å²) < 4.78 is 46.2. The van der Waals surface area contributed by atoms with Crippen LogP contribution in [0.3, 0.4) is 0 Å². The van der Waals surface area contributed by atoms with Crippen molar-refractivity contribution < 1.29 is 67.0 Å². The minimum Gasteiger partial charge on any atom is -0.477 e. The van der Waals surface area contributed by atoms with Crippen molar-refractivity contribution in [3.63, 3.8) is 0 Å². The van der Waals surface area contributed by atoms with Crippen LogP contribution in [0.5, 0.6) is 0 Å². The third kappa shape index (κ3) is 30.5. The number of ketones is 3. The summed E-state index contributed by atoms with van der Waals surface area (Å²) in [6.07, 6.45) is 26.3. The molecular formula is C77H131N11O14Si5. The first-order valence-corrected chi connectivity index (χ1v) is 58.0. The number of rotatable bonds is 35. The molecular weight excluding hydrogens is 1440 g/mol. The Bertz CT molecular complexity index is 3530. The topological polar surface area (TPSA) is 286 Å². The van der Waals surface area contributed by atoms with Crippen LogP contribution in [0, 0.1) is 23.7 Å². The molecule has 4 fully saturated rings. The van der Waals surface area contributed by atoms with Gasteiger partial charge in [0.1, 0.15) is 50.9 Å². The van der Waals surface area contributed by atoms with Crippen LogP contribution in [0.15, 0.2) is 59.7 Å². The highest BCUT2D eigenvalue weighted by molar-refractivity contribution is 6.77. The Hall–Kier alpha value is -5.72. The first kappa shape index (κ1) is 88.5. The number of carbonyl (C=O) groups excluding carboxylic acids is 5. The number of carbonyl (C=O) groups is 6. The van der Waals surface area contributed by atoms with E-state index in [0.717, 1.165) is 126 Å². The molecule has 6 aliphatic rings. The molecule has 0 radical (unpaired) electrons. The summed E-state index contributed by atoms with van der Waals surface area (Å²) in [4.78, 5) is 75.9. The molecule has 107 heavy (non-hydrogen) atoms. The number of hydrazone groups is 1. The summed E-state index contributed by atoms with van der Waals surface area (Å²) in [5, 5.41) is 33.7. The summed E-state index contributed by atoms with van der Waals surface area (Å²) >= 11 is 0. The Kier molecular flexibility index (Phi) is 34.3. The van der Waals surface area contributed by atoms with Gasteiger partial charge in [0.15, 0.2) is 5.71 Å². The van der Waals surface area contributed by atoms with Crippen molar-refractivity contribution in [2.24, 2.45) is 33.8 Å². The Morgan fingerprint density at radius 3 is 1.25 bits per heavy atom. The Labute approximate surface area is 642 Å². The fourth-order valence-electron chi connectivity index (χ4n) is 14.1. The molecule has 4 aromatic rings. The number of esters is 2. The Morgan fingerprint density at radius 2 is 0.841 bits per heavy atom. The number of aliphatic carboxylic acids is 1. The molecule has 30 heteroatoms. The molecule has 0 saturated heterocycles. The predicted octanol–water partition coefficient (Wildman–Crippen LogP) is 14.4. The van der Waals surface area contributed by atoms with Crippen LogP contribution in [-0.2, 0) is 88.8 Å². The highest BCUT2D eigenvalue weighted by atomic mass is 28.3. The van der Waals surface area contributed by atoms with Gasteiger partial charge in [-0.2, -0.15) is 25.5 Å². The van der Waals surface area contributed by atoms with Gasteiger partial charge in [-0.3, -0.25) is 24.4 Å². The van der Waals surface area contributed by atoms with Gasteiger partial charge in [-0.15, -0.1) is 0 Å². The number of Topliss-reactive ketones (excluding diaryl/α,β-unsaturated/α-hetero) is 3. The summed E-state index contributed by atoms with van der Waals surface area (Å²) in [5.74, 6) is -1.54. The van der Waals surface area contributed by atoms with Crippen LogP contribution in [0.25, 0.3) is 0 Å². The van der Waals surface area contributed by atoms with Gasteiger partial charge in [0, 0.05) is 136 Å². The second-order valence-corrected chi connectivity index (χ2v) is 64.2. The maximum atomic E-state index is 12.2. The number of hydrogen-bond acceptors (Lipinski definition) is 20. The predicted molar refractivity (Wildman–Crippen MR) is 431 cm³/mol. The minimum atomic E-state index is -1.15. The van der Waals surface area contributed by atoms with E-state index in [0.29, 0.717) is 101 Å². The molecule has 4 aliphatic carbocycles. The summed E-state index contributed by atoms with van der Waals surface area (Å²) in [6.45, 7) is 46.0. The molecule has 2 aliphatic heterocycles. The fraction of sp³-hybridized carbons (Fsp3) is 0.740. The van der Waals surface area contributed by atoms with Crippen molar-refractivity contribution in [3.8, 4) is 0 Å². The summed E-state index contributed by atoms with van der Waals surface area (Å²) in [7, 11) is -5.43. The molecule has 6 heterocycles. The van der Waals surface area contributed by atoms with Crippen molar-refractivity contribution >= 4 is 87.1 Å².